The van der Waals surface area contributed by atoms with E-state index in [9.17, 15) is 18.3 Å². The summed E-state index contributed by atoms with van der Waals surface area (Å²) in [5, 5.41) is 9.64. The highest BCUT2D eigenvalue weighted by atomic mass is 35.5. The van der Waals surface area contributed by atoms with Crippen molar-refractivity contribution in [2.75, 3.05) is 0 Å². The van der Waals surface area contributed by atoms with Crippen molar-refractivity contribution in [1.82, 2.24) is 4.98 Å². The van der Waals surface area contributed by atoms with Crippen molar-refractivity contribution in [2.24, 2.45) is 0 Å². The minimum Gasteiger partial charge on any atom is -0.506 e. The highest BCUT2D eigenvalue weighted by molar-refractivity contribution is 6.44. The Labute approximate surface area is 126 Å². The van der Waals surface area contributed by atoms with Crippen LogP contribution >= 0.6 is 34.8 Å². The van der Waals surface area contributed by atoms with Gasteiger partial charge >= 0.3 is 6.18 Å². The van der Waals surface area contributed by atoms with Crippen LogP contribution in [0.5, 0.6) is 5.75 Å². The molecule has 0 spiro atoms. The van der Waals surface area contributed by atoms with Crippen molar-refractivity contribution in [3.05, 3.63) is 45.0 Å². The van der Waals surface area contributed by atoms with Crippen molar-refractivity contribution in [2.45, 2.75) is 6.18 Å². The van der Waals surface area contributed by atoms with E-state index in [1.54, 1.807) is 0 Å². The van der Waals surface area contributed by atoms with Gasteiger partial charge in [0.2, 0.25) is 0 Å². The van der Waals surface area contributed by atoms with Crippen LogP contribution in [0, 0.1) is 0 Å². The Kier molecular flexibility index (Phi) is 4.04. The van der Waals surface area contributed by atoms with Crippen LogP contribution < -0.4 is 0 Å². The molecule has 1 N–H and O–H groups in total. The van der Waals surface area contributed by atoms with E-state index in [0.717, 1.165) is 6.07 Å². The number of hydrogen-bond donors (Lipinski definition) is 1. The van der Waals surface area contributed by atoms with E-state index in [4.69, 9.17) is 34.8 Å². The van der Waals surface area contributed by atoms with Gasteiger partial charge in [0.05, 0.1) is 20.8 Å². The number of halogens is 6. The first-order chi connectivity index (χ1) is 9.20. The van der Waals surface area contributed by atoms with Crippen LogP contribution in [-0.2, 0) is 6.18 Å². The van der Waals surface area contributed by atoms with Gasteiger partial charge in [-0.15, -0.1) is 0 Å². The number of pyridine rings is 1. The molecule has 0 amide bonds. The van der Waals surface area contributed by atoms with Gasteiger partial charge in [0.15, 0.2) is 5.69 Å². The van der Waals surface area contributed by atoms with E-state index in [1.807, 2.05) is 0 Å². The Bertz CT molecular complexity index is 674. The second-order valence-electron chi connectivity index (χ2n) is 3.81. The fourth-order valence-electron chi connectivity index (χ4n) is 1.53. The fraction of sp³-hybridized carbons (Fsp3) is 0.0833. The minimum atomic E-state index is -4.78. The zero-order chi connectivity index (χ0) is 15.1. The number of hydrogen-bond acceptors (Lipinski definition) is 2. The zero-order valence-electron chi connectivity index (χ0n) is 9.47. The van der Waals surface area contributed by atoms with E-state index in [2.05, 4.69) is 4.98 Å². The largest absolute Gasteiger partial charge is 0.506 e. The molecule has 1 aromatic carbocycles. The van der Waals surface area contributed by atoms with Gasteiger partial charge in [-0.1, -0.05) is 34.8 Å². The molecule has 2 aromatic rings. The molecule has 20 heavy (non-hydrogen) atoms. The summed E-state index contributed by atoms with van der Waals surface area (Å²) in [5.74, 6) is -0.961. The summed E-state index contributed by atoms with van der Waals surface area (Å²) in [6.07, 6.45) is -4.78. The SMILES string of the molecule is Oc1ccc(-c2cc(Cl)c(Cl)cc2Cl)nc1C(F)(F)F. The molecule has 106 valence electrons. The average Bonchev–Trinajstić information content (AvgIpc) is 2.33. The van der Waals surface area contributed by atoms with Crippen LogP contribution in [0.1, 0.15) is 5.69 Å². The van der Waals surface area contributed by atoms with E-state index in [-0.39, 0.29) is 26.3 Å². The average molecular weight is 343 g/mol. The van der Waals surface area contributed by atoms with Crippen molar-refractivity contribution < 1.29 is 18.3 Å². The highest BCUT2D eigenvalue weighted by Gasteiger charge is 2.36. The van der Waals surface area contributed by atoms with Crippen molar-refractivity contribution >= 4 is 34.8 Å². The monoisotopic (exact) mass is 341 g/mol. The van der Waals surface area contributed by atoms with Crippen LogP contribution in [0.15, 0.2) is 24.3 Å². The van der Waals surface area contributed by atoms with Gasteiger partial charge in [-0.25, -0.2) is 4.98 Å². The molecule has 0 radical (unpaired) electrons. The van der Waals surface area contributed by atoms with Crippen LogP contribution in [0.2, 0.25) is 15.1 Å². The molecule has 0 bridgehead atoms. The lowest BCUT2D eigenvalue weighted by Gasteiger charge is -2.11. The van der Waals surface area contributed by atoms with E-state index in [0.29, 0.717) is 0 Å². The normalized spacial score (nSPS) is 11.7. The molecular weight excluding hydrogens is 337 g/mol. The molecule has 0 saturated carbocycles. The molecule has 0 unspecified atom stereocenters. The first-order valence-corrected chi connectivity index (χ1v) is 6.25. The maximum Gasteiger partial charge on any atom is 0.437 e. The predicted octanol–water partition coefficient (Wildman–Crippen LogP) is 5.43. The lowest BCUT2D eigenvalue weighted by Crippen LogP contribution is -2.08. The van der Waals surface area contributed by atoms with Crippen LogP contribution in [0.3, 0.4) is 0 Å². The van der Waals surface area contributed by atoms with Gasteiger partial charge in [0.1, 0.15) is 5.75 Å². The number of aromatic nitrogens is 1. The molecule has 0 saturated heterocycles. The van der Waals surface area contributed by atoms with Crippen LogP contribution in [-0.4, -0.2) is 10.1 Å². The Balaban J connectivity index is 2.63. The number of aromatic hydroxyl groups is 1. The Morgan fingerprint density at radius 3 is 2.15 bits per heavy atom. The van der Waals surface area contributed by atoms with E-state index < -0.39 is 17.6 Å². The van der Waals surface area contributed by atoms with E-state index >= 15 is 0 Å². The van der Waals surface area contributed by atoms with Crippen LogP contribution in [0.4, 0.5) is 13.2 Å². The third kappa shape index (κ3) is 2.95. The second-order valence-corrected chi connectivity index (χ2v) is 5.03. The Morgan fingerprint density at radius 1 is 0.950 bits per heavy atom. The summed E-state index contributed by atoms with van der Waals surface area (Å²) >= 11 is 17.5. The summed E-state index contributed by atoms with van der Waals surface area (Å²) in [6, 6.07) is 4.72. The zero-order valence-corrected chi connectivity index (χ0v) is 11.7. The van der Waals surface area contributed by atoms with Gasteiger partial charge in [0.25, 0.3) is 0 Å². The number of alkyl halides is 3. The highest BCUT2D eigenvalue weighted by Crippen LogP contribution is 2.38. The molecule has 0 aliphatic heterocycles. The third-order valence-corrected chi connectivity index (χ3v) is 3.46. The van der Waals surface area contributed by atoms with Gasteiger partial charge < -0.3 is 5.11 Å². The first kappa shape index (κ1) is 15.2. The molecule has 0 fully saturated rings. The smallest absolute Gasteiger partial charge is 0.437 e. The Morgan fingerprint density at radius 2 is 1.55 bits per heavy atom. The topological polar surface area (TPSA) is 33.1 Å². The minimum absolute atomic E-state index is 0.0707. The third-order valence-electron chi connectivity index (χ3n) is 2.43. The molecule has 1 aromatic heterocycles. The van der Waals surface area contributed by atoms with E-state index in [1.165, 1.54) is 18.2 Å². The van der Waals surface area contributed by atoms with Crippen molar-refractivity contribution in [3.8, 4) is 17.0 Å². The standard InChI is InChI=1S/C12H5Cl3F3NO/c13-6-4-8(15)7(14)3-5(6)9-1-2-10(20)11(19-9)12(16,17)18/h1-4,20H. The maximum atomic E-state index is 12.7. The molecular formula is C12H5Cl3F3NO. The molecule has 8 heteroatoms. The number of benzene rings is 1. The molecule has 1 heterocycles. The quantitative estimate of drug-likeness (QED) is 0.701. The summed E-state index contributed by atoms with van der Waals surface area (Å²) in [5.41, 5.74) is -1.28. The van der Waals surface area contributed by atoms with Gasteiger partial charge in [-0.3, -0.25) is 0 Å². The maximum absolute atomic E-state index is 12.7. The first-order valence-electron chi connectivity index (χ1n) is 5.12. The molecule has 0 atom stereocenters. The van der Waals surface area contributed by atoms with Crippen LogP contribution in [0.25, 0.3) is 11.3 Å². The van der Waals surface area contributed by atoms with Crippen molar-refractivity contribution in [3.63, 3.8) is 0 Å². The molecule has 0 aliphatic carbocycles. The second kappa shape index (κ2) is 5.31. The number of rotatable bonds is 1. The van der Waals surface area contributed by atoms with Gasteiger partial charge in [-0.05, 0) is 24.3 Å². The van der Waals surface area contributed by atoms with Gasteiger partial charge in [0, 0.05) is 5.56 Å². The lowest BCUT2D eigenvalue weighted by atomic mass is 10.1. The molecule has 0 aliphatic rings. The molecule has 2 nitrogen and oxygen atoms in total. The fourth-order valence-corrected chi connectivity index (χ4v) is 2.17. The number of nitrogens with zero attached hydrogens (tertiary/aromatic N) is 1. The summed E-state index contributed by atoms with van der Waals surface area (Å²) in [7, 11) is 0. The summed E-state index contributed by atoms with van der Waals surface area (Å²) < 4.78 is 38.1. The molecule has 2 rings (SSSR count). The van der Waals surface area contributed by atoms with Gasteiger partial charge in [-0.2, -0.15) is 13.2 Å². The lowest BCUT2D eigenvalue weighted by molar-refractivity contribution is -0.142. The predicted molar refractivity (Wildman–Crippen MR) is 71.4 cm³/mol. The Hall–Kier alpha value is -1.17. The van der Waals surface area contributed by atoms with Crippen molar-refractivity contribution in [1.29, 1.82) is 0 Å². The summed E-state index contributed by atoms with van der Waals surface area (Å²) in [4.78, 5) is 3.38. The summed E-state index contributed by atoms with van der Waals surface area (Å²) in [6.45, 7) is 0.